The molecule has 148 valence electrons. The van der Waals surface area contributed by atoms with Crippen molar-refractivity contribution in [3.63, 3.8) is 0 Å². The summed E-state index contributed by atoms with van der Waals surface area (Å²) in [5.41, 5.74) is 1.65. The normalized spacial score (nSPS) is 26.3. The quantitative estimate of drug-likeness (QED) is 0.696. The molecule has 0 N–H and O–H groups in total. The van der Waals surface area contributed by atoms with Crippen molar-refractivity contribution in [1.82, 2.24) is 0 Å². The lowest BCUT2D eigenvalue weighted by Gasteiger charge is -2.53. The predicted molar refractivity (Wildman–Crippen MR) is 105 cm³/mol. The maximum absolute atomic E-state index is 13.4. The fourth-order valence-corrected chi connectivity index (χ4v) is 5.35. The molecule has 0 saturated heterocycles. The lowest BCUT2D eigenvalue weighted by Crippen LogP contribution is -2.56. The topological polar surface area (TPSA) is 52.6 Å². The fourth-order valence-electron chi connectivity index (χ4n) is 5.35. The van der Waals surface area contributed by atoms with Gasteiger partial charge >= 0.3 is 5.97 Å². The number of rotatable bonds is 4. The number of esters is 1. The molecule has 2 atom stereocenters. The zero-order chi connectivity index (χ0) is 20.0. The van der Waals surface area contributed by atoms with Crippen LogP contribution in [0.4, 0.5) is 0 Å². The first-order chi connectivity index (χ1) is 12.7. The Bertz CT molecular complexity index is 762. The minimum Gasteiger partial charge on any atom is -0.496 e. The summed E-state index contributed by atoms with van der Waals surface area (Å²) >= 11 is 0. The van der Waals surface area contributed by atoms with Crippen molar-refractivity contribution in [3.05, 3.63) is 28.8 Å². The first-order valence-corrected chi connectivity index (χ1v) is 10.1. The van der Waals surface area contributed by atoms with Gasteiger partial charge in [0.05, 0.1) is 19.1 Å². The summed E-state index contributed by atoms with van der Waals surface area (Å²) in [7, 11) is 1.65. The van der Waals surface area contributed by atoms with E-state index in [0.29, 0.717) is 18.6 Å². The summed E-state index contributed by atoms with van der Waals surface area (Å²) in [5.74, 6) is 0.888. The first kappa shape index (κ1) is 19.9. The highest BCUT2D eigenvalue weighted by atomic mass is 16.5. The molecule has 0 unspecified atom stereocenters. The number of ether oxygens (including phenoxy) is 2. The second-order valence-electron chi connectivity index (χ2n) is 9.01. The molecule has 3 rings (SSSR count). The van der Waals surface area contributed by atoms with E-state index in [1.807, 2.05) is 19.1 Å². The Morgan fingerprint density at radius 1 is 1.26 bits per heavy atom. The lowest BCUT2D eigenvalue weighted by atomic mass is 9.49. The van der Waals surface area contributed by atoms with E-state index in [1.54, 1.807) is 7.11 Å². The van der Waals surface area contributed by atoms with Crippen LogP contribution >= 0.6 is 0 Å². The predicted octanol–water partition coefficient (Wildman–Crippen LogP) is 5.03. The molecule has 0 aliphatic heterocycles. The number of benzene rings is 1. The van der Waals surface area contributed by atoms with Gasteiger partial charge in [0.2, 0.25) is 0 Å². The molecule has 27 heavy (non-hydrogen) atoms. The van der Waals surface area contributed by atoms with Crippen LogP contribution < -0.4 is 4.74 Å². The van der Waals surface area contributed by atoms with Crippen LogP contribution in [0.5, 0.6) is 5.75 Å². The molecule has 0 amide bonds. The van der Waals surface area contributed by atoms with Gasteiger partial charge in [-0.25, -0.2) is 0 Å². The zero-order valence-corrected chi connectivity index (χ0v) is 17.5. The smallest absolute Gasteiger partial charge is 0.316 e. The molecule has 1 aromatic rings. The van der Waals surface area contributed by atoms with Crippen molar-refractivity contribution in [2.75, 3.05) is 13.7 Å². The number of carbonyl (C=O) groups is 2. The molecule has 1 fully saturated rings. The van der Waals surface area contributed by atoms with Gasteiger partial charge in [-0.2, -0.15) is 0 Å². The SMILES string of the molecule is CCOC(=O)[C@]12CCCC(C)(C)[C@@H]1CC(=O)c1cc(C(C)C)c(OC)cc12. The summed E-state index contributed by atoms with van der Waals surface area (Å²) in [6, 6.07) is 3.91. The largest absolute Gasteiger partial charge is 0.496 e. The van der Waals surface area contributed by atoms with Crippen molar-refractivity contribution >= 4 is 11.8 Å². The maximum Gasteiger partial charge on any atom is 0.316 e. The van der Waals surface area contributed by atoms with Crippen LogP contribution in [0.2, 0.25) is 0 Å². The van der Waals surface area contributed by atoms with Crippen LogP contribution in [0.3, 0.4) is 0 Å². The average Bonchev–Trinajstić information content (AvgIpc) is 2.61. The third kappa shape index (κ3) is 2.97. The molecular formula is C23H32O4. The van der Waals surface area contributed by atoms with Crippen LogP contribution in [-0.4, -0.2) is 25.5 Å². The monoisotopic (exact) mass is 372 g/mol. The molecule has 4 nitrogen and oxygen atoms in total. The minimum atomic E-state index is -0.760. The molecule has 4 heteroatoms. The first-order valence-electron chi connectivity index (χ1n) is 10.1. The number of ketones is 1. The molecular weight excluding hydrogens is 340 g/mol. The van der Waals surface area contributed by atoms with E-state index in [4.69, 9.17) is 9.47 Å². The van der Waals surface area contributed by atoms with Crippen molar-refractivity contribution in [2.24, 2.45) is 11.3 Å². The summed E-state index contributed by atoms with van der Waals surface area (Å²) < 4.78 is 11.2. The number of Topliss-reactive ketones (excluding diaryl/α,β-unsaturated/α-hetero) is 1. The van der Waals surface area contributed by atoms with E-state index in [2.05, 4.69) is 27.7 Å². The Kier molecular flexibility index (Phi) is 5.13. The number of hydrogen-bond donors (Lipinski definition) is 0. The Balaban J connectivity index is 2.31. The number of fused-ring (bicyclic) bond motifs is 3. The Morgan fingerprint density at radius 2 is 1.96 bits per heavy atom. The molecule has 2 aliphatic carbocycles. The summed E-state index contributed by atoms with van der Waals surface area (Å²) in [6.45, 7) is 10.7. The van der Waals surface area contributed by atoms with E-state index < -0.39 is 5.41 Å². The Morgan fingerprint density at radius 3 is 2.56 bits per heavy atom. The van der Waals surface area contributed by atoms with Gasteiger partial charge in [-0.05, 0) is 60.3 Å². The number of methoxy groups -OCH3 is 1. The van der Waals surface area contributed by atoms with E-state index in [-0.39, 0.29) is 29.0 Å². The van der Waals surface area contributed by atoms with Crippen LogP contribution in [0.15, 0.2) is 12.1 Å². The summed E-state index contributed by atoms with van der Waals surface area (Å²) in [4.78, 5) is 26.5. The average molecular weight is 373 g/mol. The third-order valence-electron chi connectivity index (χ3n) is 6.73. The van der Waals surface area contributed by atoms with Crippen molar-refractivity contribution < 1.29 is 19.1 Å². The molecule has 2 aliphatic rings. The molecule has 0 heterocycles. The van der Waals surface area contributed by atoms with Gasteiger partial charge in [0.15, 0.2) is 5.78 Å². The van der Waals surface area contributed by atoms with Gasteiger partial charge in [0.25, 0.3) is 0 Å². The van der Waals surface area contributed by atoms with E-state index in [0.717, 1.165) is 36.1 Å². The lowest BCUT2D eigenvalue weighted by molar-refractivity contribution is -0.158. The van der Waals surface area contributed by atoms with Gasteiger partial charge in [-0.3, -0.25) is 9.59 Å². The van der Waals surface area contributed by atoms with Gasteiger partial charge in [-0.1, -0.05) is 34.1 Å². The van der Waals surface area contributed by atoms with Crippen LogP contribution in [0.25, 0.3) is 0 Å². The fraction of sp³-hybridized carbons (Fsp3) is 0.652. The number of hydrogen-bond acceptors (Lipinski definition) is 4. The van der Waals surface area contributed by atoms with E-state index in [9.17, 15) is 9.59 Å². The molecule has 1 saturated carbocycles. The minimum absolute atomic E-state index is 0.0487. The van der Waals surface area contributed by atoms with E-state index >= 15 is 0 Å². The van der Waals surface area contributed by atoms with Gasteiger partial charge in [-0.15, -0.1) is 0 Å². The second kappa shape index (κ2) is 6.96. The Hall–Kier alpha value is -1.84. The van der Waals surface area contributed by atoms with Crippen molar-refractivity contribution in [1.29, 1.82) is 0 Å². The maximum atomic E-state index is 13.4. The highest BCUT2D eigenvalue weighted by Crippen LogP contribution is 2.58. The van der Waals surface area contributed by atoms with Gasteiger partial charge in [0.1, 0.15) is 5.75 Å². The molecule has 0 aromatic heterocycles. The zero-order valence-electron chi connectivity index (χ0n) is 17.5. The highest BCUT2D eigenvalue weighted by Gasteiger charge is 2.59. The highest BCUT2D eigenvalue weighted by molar-refractivity contribution is 6.03. The Labute approximate surface area is 162 Å². The third-order valence-corrected chi connectivity index (χ3v) is 6.73. The molecule has 1 aromatic carbocycles. The molecule has 0 bridgehead atoms. The summed E-state index contributed by atoms with van der Waals surface area (Å²) in [6.07, 6.45) is 3.10. The van der Waals surface area contributed by atoms with Crippen molar-refractivity contribution in [3.8, 4) is 5.75 Å². The van der Waals surface area contributed by atoms with Crippen LogP contribution in [0, 0.1) is 11.3 Å². The van der Waals surface area contributed by atoms with E-state index in [1.165, 1.54) is 0 Å². The number of carbonyl (C=O) groups excluding carboxylic acids is 2. The van der Waals surface area contributed by atoms with Gasteiger partial charge in [0, 0.05) is 12.0 Å². The van der Waals surface area contributed by atoms with Crippen LogP contribution in [0.1, 0.15) is 87.7 Å². The summed E-state index contributed by atoms with van der Waals surface area (Å²) in [5, 5.41) is 0. The van der Waals surface area contributed by atoms with Crippen molar-refractivity contribution in [2.45, 2.75) is 71.6 Å². The van der Waals surface area contributed by atoms with Crippen LogP contribution in [-0.2, 0) is 14.9 Å². The van der Waals surface area contributed by atoms with Gasteiger partial charge < -0.3 is 9.47 Å². The second-order valence-corrected chi connectivity index (χ2v) is 9.01. The molecule has 0 spiro atoms. The standard InChI is InChI=1S/C23H32O4/c1-7-27-21(25)23-10-8-9-22(4,5)20(23)13-18(24)16-11-15(14(2)3)19(26-6)12-17(16)23/h11-12,14,20H,7-10,13H2,1-6H3/t20-,23-/m0/s1. The molecule has 0 radical (unpaired) electrons.